The van der Waals surface area contributed by atoms with E-state index in [0.717, 1.165) is 61.5 Å². The first kappa shape index (κ1) is 26.5. The standard InChI is InChI=1S/C37H36N4O/c1-20(2)29-24-12-10-9-11-21(24)17-27-31-30-25(15-16-38-31)26-18-23(14-13-22(26)19-28(30)42-32(27)29)33-39-34(36(3,4)5)41-35(40-33)37(6,7)8/h9-20H,1-8H3. The third kappa shape index (κ3) is 4.13. The zero-order chi connectivity index (χ0) is 29.6. The lowest BCUT2D eigenvalue weighted by Gasteiger charge is -2.26. The minimum Gasteiger partial charge on any atom is -0.456 e. The van der Waals surface area contributed by atoms with Crippen molar-refractivity contribution in [3.05, 3.63) is 84.1 Å². The predicted octanol–water partition coefficient (Wildman–Crippen LogP) is 9.88. The van der Waals surface area contributed by atoms with E-state index in [0.29, 0.717) is 11.7 Å². The molecular weight excluding hydrogens is 516 g/mol. The summed E-state index contributed by atoms with van der Waals surface area (Å²) in [6.45, 7) is 17.3. The smallest absolute Gasteiger partial charge is 0.163 e. The van der Waals surface area contributed by atoms with E-state index in [4.69, 9.17) is 24.7 Å². The fourth-order valence-corrected chi connectivity index (χ4v) is 5.99. The van der Waals surface area contributed by atoms with E-state index in [2.05, 4.69) is 116 Å². The number of nitrogens with zero attached hydrogens (tertiary/aromatic N) is 4. The number of hydrogen-bond donors (Lipinski definition) is 0. The number of hydrogen-bond acceptors (Lipinski definition) is 5. The summed E-state index contributed by atoms with van der Waals surface area (Å²) in [5.74, 6) is 4.37. The Kier molecular flexibility index (Phi) is 5.72. The molecule has 0 atom stereocenters. The molecule has 0 unspecified atom stereocenters. The summed E-state index contributed by atoms with van der Waals surface area (Å²) >= 11 is 0. The summed E-state index contributed by atoms with van der Waals surface area (Å²) in [4.78, 5) is 19.7. The normalized spacial score (nSPS) is 13.2. The molecule has 0 amide bonds. The molecule has 7 rings (SSSR count). The van der Waals surface area contributed by atoms with Crippen LogP contribution in [0, 0.1) is 0 Å². The second-order valence-electron chi connectivity index (χ2n) is 13.8. The van der Waals surface area contributed by atoms with Crippen molar-refractivity contribution in [2.24, 2.45) is 0 Å². The number of pyridine rings is 1. The van der Waals surface area contributed by atoms with Crippen LogP contribution in [0.3, 0.4) is 0 Å². The SMILES string of the molecule is CC(C)c1c2c(cc3ccccc13)-c1nccc3c1c(cc1ccc(-c4nc(C(C)(C)C)nc(C(C)(C)C)n4)cc13)O2. The lowest BCUT2D eigenvalue weighted by atomic mass is 9.88. The molecule has 0 N–H and O–H groups in total. The molecule has 1 aliphatic rings. The number of rotatable bonds is 2. The first-order valence-corrected chi connectivity index (χ1v) is 14.8. The fourth-order valence-electron chi connectivity index (χ4n) is 5.99. The van der Waals surface area contributed by atoms with Gasteiger partial charge in [-0.2, -0.15) is 0 Å². The van der Waals surface area contributed by atoms with Gasteiger partial charge in [0, 0.05) is 33.7 Å². The molecule has 4 aromatic carbocycles. The minimum absolute atomic E-state index is 0.197. The Hall–Kier alpha value is -4.38. The molecule has 0 fully saturated rings. The van der Waals surface area contributed by atoms with Gasteiger partial charge in [0.25, 0.3) is 0 Å². The highest BCUT2D eigenvalue weighted by atomic mass is 16.5. The quantitative estimate of drug-likeness (QED) is 0.200. The van der Waals surface area contributed by atoms with Crippen molar-refractivity contribution >= 4 is 32.3 Å². The molecule has 2 aromatic heterocycles. The van der Waals surface area contributed by atoms with Crippen LogP contribution in [0.15, 0.2) is 66.9 Å². The highest BCUT2D eigenvalue weighted by Crippen LogP contribution is 2.52. The molecule has 210 valence electrons. The molecule has 0 bridgehead atoms. The Balaban J connectivity index is 1.49. The molecule has 6 aromatic rings. The van der Waals surface area contributed by atoms with Crippen LogP contribution >= 0.6 is 0 Å². The van der Waals surface area contributed by atoms with Gasteiger partial charge in [0.2, 0.25) is 0 Å². The van der Waals surface area contributed by atoms with Gasteiger partial charge in [0.15, 0.2) is 5.82 Å². The number of benzene rings is 4. The number of aromatic nitrogens is 4. The maximum absolute atomic E-state index is 6.81. The summed E-state index contributed by atoms with van der Waals surface area (Å²) in [5.41, 5.74) is 3.82. The lowest BCUT2D eigenvalue weighted by molar-refractivity contribution is 0.478. The Morgan fingerprint density at radius 3 is 2.07 bits per heavy atom. The van der Waals surface area contributed by atoms with Crippen LogP contribution in [0.25, 0.3) is 55.0 Å². The third-order valence-corrected chi connectivity index (χ3v) is 8.15. The van der Waals surface area contributed by atoms with Crippen LogP contribution in [-0.2, 0) is 10.8 Å². The molecule has 42 heavy (non-hydrogen) atoms. The Morgan fingerprint density at radius 2 is 1.38 bits per heavy atom. The van der Waals surface area contributed by atoms with E-state index < -0.39 is 0 Å². The van der Waals surface area contributed by atoms with Crippen molar-refractivity contribution in [2.45, 2.75) is 72.1 Å². The summed E-state index contributed by atoms with van der Waals surface area (Å²) in [6, 6.07) is 21.5. The maximum Gasteiger partial charge on any atom is 0.163 e. The topological polar surface area (TPSA) is 60.8 Å². The van der Waals surface area contributed by atoms with E-state index in [9.17, 15) is 0 Å². The van der Waals surface area contributed by atoms with Gasteiger partial charge in [-0.1, -0.05) is 91.8 Å². The Morgan fingerprint density at radius 1 is 0.690 bits per heavy atom. The Labute approximate surface area is 247 Å². The molecule has 1 aliphatic heterocycles. The van der Waals surface area contributed by atoms with E-state index >= 15 is 0 Å². The first-order chi connectivity index (χ1) is 19.9. The molecule has 3 heterocycles. The van der Waals surface area contributed by atoms with Crippen LogP contribution in [-0.4, -0.2) is 19.9 Å². The molecule has 0 aliphatic carbocycles. The highest BCUT2D eigenvalue weighted by Gasteiger charge is 2.28. The van der Waals surface area contributed by atoms with Crippen LogP contribution in [0.4, 0.5) is 0 Å². The van der Waals surface area contributed by atoms with Gasteiger partial charge in [-0.3, -0.25) is 4.98 Å². The van der Waals surface area contributed by atoms with Crippen molar-refractivity contribution in [1.82, 2.24) is 19.9 Å². The van der Waals surface area contributed by atoms with Gasteiger partial charge in [-0.05, 0) is 57.1 Å². The Bertz CT molecular complexity index is 2030. The monoisotopic (exact) mass is 552 g/mol. The summed E-state index contributed by atoms with van der Waals surface area (Å²) in [7, 11) is 0. The summed E-state index contributed by atoms with van der Waals surface area (Å²) in [5, 5.41) is 6.82. The molecule has 0 saturated heterocycles. The van der Waals surface area contributed by atoms with Gasteiger partial charge in [-0.25, -0.2) is 15.0 Å². The average molecular weight is 553 g/mol. The number of fused-ring (bicyclic) bond motifs is 5. The third-order valence-electron chi connectivity index (χ3n) is 8.15. The van der Waals surface area contributed by atoms with E-state index in [1.54, 1.807) is 0 Å². The van der Waals surface area contributed by atoms with Gasteiger partial charge in [0.05, 0.1) is 11.1 Å². The van der Waals surface area contributed by atoms with Crippen LogP contribution in [0.1, 0.15) is 78.5 Å². The highest BCUT2D eigenvalue weighted by molar-refractivity contribution is 6.17. The van der Waals surface area contributed by atoms with E-state index in [-0.39, 0.29) is 10.8 Å². The van der Waals surface area contributed by atoms with Crippen LogP contribution in [0.2, 0.25) is 0 Å². The first-order valence-electron chi connectivity index (χ1n) is 14.8. The largest absolute Gasteiger partial charge is 0.456 e. The molecule has 0 radical (unpaired) electrons. The fraction of sp³-hybridized carbons (Fsp3) is 0.297. The van der Waals surface area contributed by atoms with Crippen molar-refractivity contribution in [2.75, 3.05) is 0 Å². The van der Waals surface area contributed by atoms with Gasteiger partial charge in [-0.15, -0.1) is 0 Å². The van der Waals surface area contributed by atoms with Crippen molar-refractivity contribution in [3.63, 3.8) is 0 Å². The van der Waals surface area contributed by atoms with E-state index in [1.807, 2.05) is 6.20 Å². The van der Waals surface area contributed by atoms with Gasteiger partial charge in [0.1, 0.15) is 23.1 Å². The second-order valence-corrected chi connectivity index (χ2v) is 13.8. The van der Waals surface area contributed by atoms with E-state index in [1.165, 1.54) is 16.3 Å². The zero-order valence-electron chi connectivity index (χ0n) is 25.6. The summed E-state index contributed by atoms with van der Waals surface area (Å²) in [6.07, 6.45) is 1.92. The predicted molar refractivity (Wildman–Crippen MR) is 173 cm³/mol. The molecule has 5 nitrogen and oxygen atoms in total. The summed E-state index contributed by atoms with van der Waals surface area (Å²) < 4.78 is 6.81. The molecule has 0 saturated carbocycles. The van der Waals surface area contributed by atoms with Gasteiger partial charge >= 0.3 is 0 Å². The lowest BCUT2D eigenvalue weighted by Crippen LogP contribution is -2.24. The molecule has 5 heteroatoms. The van der Waals surface area contributed by atoms with Crippen molar-refractivity contribution < 1.29 is 4.74 Å². The molecule has 0 spiro atoms. The second kappa shape index (κ2) is 9.06. The van der Waals surface area contributed by atoms with Crippen molar-refractivity contribution in [3.8, 4) is 34.1 Å². The van der Waals surface area contributed by atoms with Crippen LogP contribution in [0.5, 0.6) is 11.5 Å². The van der Waals surface area contributed by atoms with Crippen LogP contribution < -0.4 is 4.74 Å². The number of ether oxygens (including phenoxy) is 1. The zero-order valence-corrected chi connectivity index (χ0v) is 25.6. The molecular formula is C37H36N4O. The van der Waals surface area contributed by atoms with Crippen molar-refractivity contribution in [1.29, 1.82) is 0 Å². The average Bonchev–Trinajstić information content (AvgIpc) is 2.95. The maximum atomic E-state index is 6.81. The van der Waals surface area contributed by atoms with Gasteiger partial charge < -0.3 is 4.74 Å². The minimum atomic E-state index is -0.197.